The lowest BCUT2D eigenvalue weighted by molar-refractivity contribution is -0.192. The zero-order valence-electron chi connectivity index (χ0n) is 31.3. The maximum Gasteiger partial charge on any atom is 0.357 e. The second-order valence-electron chi connectivity index (χ2n) is 14.0. The van der Waals surface area contributed by atoms with Gasteiger partial charge in [-0.05, 0) is 59.2 Å². The first-order valence-electron chi connectivity index (χ1n) is 16.9. The molecule has 0 aromatic heterocycles. The Morgan fingerprint density at radius 3 is 2.18 bits per heavy atom. The standard InChI is InChI=1S/C34H42N6O14S/c1-9-38-12-13-39(27(47)26(38)46)31(50)36-22(19-10-11-20(53-17(2)42)21(14-19)54-18(3)43)24(44)37-34(30(49)52-16-51-29(48)32(4,5)6)33(7,8)55-28-23(35-15-41)25(45)40(28)34/h10-11,14-15,22-23,28H,9,12-13,16H2,1-8H3,(H,35,41)(H,36,50)(H,37,44)/t22?,23-,28-,34+/m1/s1. The SMILES string of the molecule is CCN1CCN(C(=O)NC(C(=O)N[C@@]2(C(=O)OCOC(=O)C(C)(C)C)N3C(=O)[C@@H](NC=O)[C@H]3SC2(C)C)c2ccc(OC(C)=O)c(OC(C)=O)c2)C(=O)C1=O. The molecular weight excluding hydrogens is 748 g/mol. The number of benzene rings is 1. The molecule has 0 aliphatic carbocycles. The van der Waals surface area contributed by atoms with E-state index in [1.165, 1.54) is 24.8 Å². The summed E-state index contributed by atoms with van der Waals surface area (Å²) < 4.78 is 19.4. The van der Waals surface area contributed by atoms with Crippen LogP contribution in [0.4, 0.5) is 4.79 Å². The number of ether oxygens (including phenoxy) is 4. The van der Waals surface area contributed by atoms with Crippen molar-refractivity contribution in [3.8, 4) is 11.5 Å². The van der Waals surface area contributed by atoms with Crippen LogP contribution in [-0.4, -0.2) is 123 Å². The first-order chi connectivity index (χ1) is 25.6. The van der Waals surface area contributed by atoms with Crippen molar-refractivity contribution in [2.24, 2.45) is 5.41 Å². The number of fused-ring (bicyclic) bond motifs is 1. The van der Waals surface area contributed by atoms with Crippen molar-refractivity contribution in [3.63, 3.8) is 0 Å². The van der Waals surface area contributed by atoms with Crippen molar-refractivity contribution in [2.45, 2.75) is 83.3 Å². The van der Waals surface area contributed by atoms with Gasteiger partial charge in [0.1, 0.15) is 17.5 Å². The molecular formula is C34H42N6O14S. The van der Waals surface area contributed by atoms with Gasteiger partial charge in [0, 0.05) is 33.5 Å². The molecule has 1 aromatic carbocycles. The average Bonchev–Trinajstić information content (AvgIpc) is 3.30. The monoisotopic (exact) mass is 790 g/mol. The molecule has 0 radical (unpaired) electrons. The smallest absolute Gasteiger partial charge is 0.357 e. The molecule has 3 heterocycles. The number of imide groups is 1. The fraction of sp³-hybridized carbons (Fsp3) is 0.529. The number of carbonyl (C=O) groups excluding carboxylic acids is 10. The van der Waals surface area contributed by atoms with E-state index in [1.54, 1.807) is 27.7 Å². The fourth-order valence-corrected chi connectivity index (χ4v) is 7.71. The van der Waals surface area contributed by atoms with Crippen molar-refractivity contribution < 1.29 is 66.9 Å². The number of amides is 7. The zero-order chi connectivity index (χ0) is 41.2. The van der Waals surface area contributed by atoms with Crippen LogP contribution in [0.3, 0.4) is 0 Å². The largest absolute Gasteiger partial charge is 0.427 e. The van der Waals surface area contributed by atoms with Gasteiger partial charge in [-0.1, -0.05) is 6.07 Å². The Morgan fingerprint density at radius 1 is 0.964 bits per heavy atom. The Kier molecular flexibility index (Phi) is 12.2. The van der Waals surface area contributed by atoms with Gasteiger partial charge in [0.05, 0.1) is 10.2 Å². The summed E-state index contributed by atoms with van der Waals surface area (Å²) in [4.78, 5) is 132. The molecule has 3 saturated heterocycles. The molecule has 7 amide bonds. The first-order valence-corrected chi connectivity index (χ1v) is 17.8. The third-order valence-electron chi connectivity index (χ3n) is 8.80. The highest BCUT2D eigenvalue weighted by Crippen LogP contribution is 2.56. The maximum absolute atomic E-state index is 14.6. The summed E-state index contributed by atoms with van der Waals surface area (Å²) in [5, 5.41) is 6.41. The Bertz CT molecular complexity index is 1830. The van der Waals surface area contributed by atoms with E-state index in [9.17, 15) is 47.9 Å². The van der Waals surface area contributed by atoms with Gasteiger partial charge in [-0.15, -0.1) is 11.8 Å². The van der Waals surface area contributed by atoms with Crippen molar-refractivity contribution in [2.75, 3.05) is 26.4 Å². The lowest BCUT2D eigenvalue weighted by atomic mass is 9.87. The van der Waals surface area contributed by atoms with Gasteiger partial charge < -0.3 is 39.8 Å². The number of piperazine rings is 1. The van der Waals surface area contributed by atoms with Crippen molar-refractivity contribution >= 4 is 71.7 Å². The number of rotatable bonds is 12. The van der Waals surface area contributed by atoms with Crippen LogP contribution in [0.5, 0.6) is 11.5 Å². The van der Waals surface area contributed by atoms with E-state index in [1.807, 2.05) is 0 Å². The summed E-state index contributed by atoms with van der Waals surface area (Å²) in [5.41, 5.74) is -3.53. The van der Waals surface area contributed by atoms with Gasteiger partial charge in [-0.3, -0.25) is 48.2 Å². The van der Waals surface area contributed by atoms with Gasteiger partial charge in [0.15, 0.2) is 11.5 Å². The molecule has 21 heteroatoms. The quantitative estimate of drug-likeness (QED) is 0.0613. The molecule has 1 unspecified atom stereocenters. The summed E-state index contributed by atoms with van der Waals surface area (Å²) in [7, 11) is 0. The van der Waals surface area contributed by atoms with E-state index >= 15 is 0 Å². The number of thioether (sulfide) groups is 1. The van der Waals surface area contributed by atoms with E-state index in [2.05, 4.69) is 16.0 Å². The Balaban J connectivity index is 1.81. The second kappa shape index (κ2) is 15.9. The van der Waals surface area contributed by atoms with Gasteiger partial charge in [0.2, 0.25) is 24.8 Å². The van der Waals surface area contributed by atoms with Crippen LogP contribution < -0.4 is 25.4 Å². The molecule has 4 atom stereocenters. The van der Waals surface area contributed by atoms with E-state index < -0.39 is 93.6 Å². The summed E-state index contributed by atoms with van der Waals surface area (Å²) in [6, 6.07) is -0.739. The van der Waals surface area contributed by atoms with Crippen LogP contribution in [0.2, 0.25) is 0 Å². The average molecular weight is 791 g/mol. The first kappa shape index (κ1) is 42.0. The van der Waals surface area contributed by atoms with Crippen molar-refractivity contribution in [1.29, 1.82) is 0 Å². The summed E-state index contributed by atoms with van der Waals surface area (Å²) in [5.74, 6) is -8.36. The minimum Gasteiger partial charge on any atom is -0.427 e. The van der Waals surface area contributed by atoms with Gasteiger partial charge >= 0.3 is 41.7 Å². The number of urea groups is 1. The summed E-state index contributed by atoms with van der Waals surface area (Å²) in [6.07, 6.45) is 0.300. The molecule has 3 fully saturated rings. The molecule has 3 aliphatic heterocycles. The molecule has 298 valence electrons. The third kappa shape index (κ3) is 8.20. The number of nitrogens with one attached hydrogen (secondary N) is 3. The summed E-state index contributed by atoms with van der Waals surface area (Å²) >= 11 is 1.03. The van der Waals surface area contributed by atoms with E-state index in [0.717, 1.165) is 42.6 Å². The number of hydrogen-bond acceptors (Lipinski definition) is 15. The predicted octanol–water partition coefficient (Wildman–Crippen LogP) is -0.311. The lowest BCUT2D eigenvalue weighted by Crippen LogP contribution is -2.80. The van der Waals surface area contributed by atoms with Gasteiger partial charge in [-0.2, -0.15) is 0 Å². The maximum atomic E-state index is 14.6. The molecule has 0 bridgehead atoms. The number of esters is 4. The molecule has 0 spiro atoms. The molecule has 3 aliphatic rings. The van der Waals surface area contributed by atoms with Crippen molar-refractivity contribution in [3.05, 3.63) is 23.8 Å². The highest BCUT2D eigenvalue weighted by molar-refractivity contribution is 8.01. The van der Waals surface area contributed by atoms with E-state index in [0.29, 0.717) is 11.3 Å². The third-order valence-corrected chi connectivity index (χ3v) is 10.4. The highest BCUT2D eigenvalue weighted by atomic mass is 32.2. The van der Waals surface area contributed by atoms with Crippen LogP contribution in [0.15, 0.2) is 18.2 Å². The number of likely N-dealkylation sites (N-methyl/N-ethyl adjacent to an activating group) is 1. The topological polar surface area (TPSA) is 253 Å². The predicted molar refractivity (Wildman–Crippen MR) is 187 cm³/mol. The molecule has 20 nitrogen and oxygen atoms in total. The number of carbonyl (C=O) groups is 10. The minimum absolute atomic E-state index is 0.00631. The molecule has 1 aromatic rings. The molecule has 0 saturated carbocycles. The molecule has 4 rings (SSSR count). The fourth-order valence-electron chi connectivity index (χ4n) is 6.01. The Morgan fingerprint density at radius 2 is 1.60 bits per heavy atom. The Labute approximate surface area is 319 Å². The van der Waals surface area contributed by atoms with E-state index in [4.69, 9.17) is 18.9 Å². The lowest BCUT2D eigenvalue weighted by Gasteiger charge is -2.50. The van der Waals surface area contributed by atoms with Crippen molar-refractivity contribution in [1.82, 2.24) is 30.7 Å². The summed E-state index contributed by atoms with van der Waals surface area (Å²) in [6.45, 7) is 10.5. The number of hydrogen-bond donors (Lipinski definition) is 3. The zero-order valence-corrected chi connectivity index (χ0v) is 32.2. The van der Waals surface area contributed by atoms with Gasteiger partial charge in [-0.25, -0.2) is 9.59 Å². The highest BCUT2D eigenvalue weighted by Gasteiger charge is 2.74. The van der Waals surface area contributed by atoms with Crippen LogP contribution in [0.25, 0.3) is 0 Å². The van der Waals surface area contributed by atoms with Crippen LogP contribution in [-0.2, 0) is 52.6 Å². The van der Waals surface area contributed by atoms with Crippen LogP contribution in [0, 0.1) is 5.41 Å². The normalized spacial score (nSPS) is 22.0. The van der Waals surface area contributed by atoms with Gasteiger partial charge in [0.25, 0.3) is 5.91 Å². The Hall–Kier alpha value is -5.73. The van der Waals surface area contributed by atoms with Crippen LogP contribution >= 0.6 is 11.8 Å². The second-order valence-corrected chi connectivity index (χ2v) is 15.8. The van der Waals surface area contributed by atoms with E-state index in [-0.39, 0.29) is 36.7 Å². The minimum atomic E-state index is -2.40. The molecule has 3 N–H and O–H groups in total. The number of β-lactam (4-membered cyclic amide) rings is 1. The molecule has 55 heavy (non-hydrogen) atoms. The van der Waals surface area contributed by atoms with Crippen LogP contribution in [0.1, 0.15) is 67.0 Å². The number of nitrogens with zero attached hydrogens (tertiary/aromatic N) is 3.